The van der Waals surface area contributed by atoms with Gasteiger partial charge in [-0.1, -0.05) is 11.6 Å². The number of amides is 1. The van der Waals surface area contributed by atoms with Gasteiger partial charge in [-0.3, -0.25) is 9.69 Å². The van der Waals surface area contributed by atoms with E-state index in [1.54, 1.807) is 0 Å². The first-order chi connectivity index (χ1) is 9.10. The first kappa shape index (κ1) is 14.2. The van der Waals surface area contributed by atoms with Crippen molar-refractivity contribution in [1.29, 1.82) is 0 Å². The summed E-state index contributed by atoms with van der Waals surface area (Å²) in [4.78, 5) is 13.7. The zero-order valence-electron chi connectivity index (χ0n) is 10.4. The third kappa shape index (κ3) is 3.65. The number of benzene rings is 1. The Hall–Kier alpha value is -1.17. The second kappa shape index (κ2) is 6.32. The summed E-state index contributed by atoms with van der Waals surface area (Å²) in [5.41, 5.74) is 0.120. The molecule has 4 nitrogen and oxygen atoms in total. The molecule has 0 spiro atoms. The number of halogens is 2. The molecule has 2 rings (SSSR count). The lowest BCUT2D eigenvalue weighted by molar-refractivity contribution is -0.117. The van der Waals surface area contributed by atoms with Gasteiger partial charge in [-0.2, -0.15) is 0 Å². The molecule has 1 aliphatic heterocycles. The van der Waals surface area contributed by atoms with Crippen LogP contribution in [0, 0.1) is 5.82 Å². The SMILES string of the molecule is O=C(CN1CCC[C@@H]1CO)Nc1ccc(Cl)cc1F. The van der Waals surface area contributed by atoms with E-state index in [9.17, 15) is 9.18 Å². The molecule has 1 amide bonds. The van der Waals surface area contributed by atoms with Gasteiger partial charge in [0.15, 0.2) is 0 Å². The topological polar surface area (TPSA) is 52.6 Å². The Morgan fingerprint density at radius 1 is 1.58 bits per heavy atom. The number of aliphatic hydroxyl groups is 1. The molecule has 2 N–H and O–H groups in total. The number of nitrogens with one attached hydrogen (secondary N) is 1. The van der Waals surface area contributed by atoms with Crippen molar-refractivity contribution in [2.24, 2.45) is 0 Å². The molecule has 1 saturated heterocycles. The first-order valence-corrected chi connectivity index (χ1v) is 6.58. The number of rotatable bonds is 4. The minimum absolute atomic E-state index is 0.0285. The van der Waals surface area contributed by atoms with Crippen LogP contribution >= 0.6 is 11.6 Å². The maximum Gasteiger partial charge on any atom is 0.238 e. The van der Waals surface area contributed by atoms with Gasteiger partial charge in [0.25, 0.3) is 0 Å². The van der Waals surface area contributed by atoms with Gasteiger partial charge in [-0.25, -0.2) is 4.39 Å². The molecule has 1 fully saturated rings. The molecule has 0 radical (unpaired) electrons. The quantitative estimate of drug-likeness (QED) is 0.888. The summed E-state index contributed by atoms with van der Waals surface area (Å²) in [5, 5.41) is 12.0. The Labute approximate surface area is 116 Å². The summed E-state index contributed by atoms with van der Waals surface area (Å²) < 4.78 is 13.5. The second-order valence-electron chi connectivity index (χ2n) is 4.62. The van der Waals surface area contributed by atoms with Crippen LogP contribution in [0.1, 0.15) is 12.8 Å². The van der Waals surface area contributed by atoms with Crippen LogP contribution in [-0.2, 0) is 4.79 Å². The Morgan fingerprint density at radius 2 is 2.37 bits per heavy atom. The third-order valence-corrected chi connectivity index (χ3v) is 3.50. The van der Waals surface area contributed by atoms with Crippen molar-refractivity contribution in [3.63, 3.8) is 0 Å². The highest BCUT2D eigenvalue weighted by molar-refractivity contribution is 6.30. The fourth-order valence-electron chi connectivity index (χ4n) is 2.28. The van der Waals surface area contributed by atoms with Crippen LogP contribution in [0.15, 0.2) is 18.2 Å². The highest BCUT2D eigenvalue weighted by atomic mass is 35.5. The Morgan fingerprint density at radius 3 is 3.05 bits per heavy atom. The van der Waals surface area contributed by atoms with Crippen LogP contribution in [0.4, 0.5) is 10.1 Å². The Kier molecular flexibility index (Phi) is 4.74. The summed E-state index contributed by atoms with van der Waals surface area (Å²) in [7, 11) is 0. The summed E-state index contributed by atoms with van der Waals surface area (Å²) in [6.07, 6.45) is 1.85. The molecular formula is C13H16ClFN2O2. The molecular weight excluding hydrogens is 271 g/mol. The fourth-order valence-corrected chi connectivity index (χ4v) is 2.43. The van der Waals surface area contributed by atoms with Crippen LogP contribution in [0.3, 0.4) is 0 Å². The van der Waals surface area contributed by atoms with E-state index in [2.05, 4.69) is 5.32 Å². The number of hydrogen-bond donors (Lipinski definition) is 2. The van der Waals surface area contributed by atoms with Crippen LogP contribution in [0.5, 0.6) is 0 Å². The van der Waals surface area contributed by atoms with Crippen molar-refractivity contribution >= 4 is 23.2 Å². The number of likely N-dealkylation sites (tertiary alicyclic amines) is 1. The van der Waals surface area contributed by atoms with Crippen molar-refractivity contribution in [1.82, 2.24) is 4.90 Å². The van der Waals surface area contributed by atoms with Crippen molar-refractivity contribution in [3.05, 3.63) is 29.0 Å². The summed E-state index contributed by atoms with van der Waals surface area (Å²) in [5.74, 6) is -0.845. The van der Waals surface area contributed by atoms with Gasteiger partial charge in [0.05, 0.1) is 18.8 Å². The lowest BCUT2D eigenvalue weighted by atomic mass is 10.2. The molecule has 1 aromatic rings. The normalized spacial score (nSPS) is 19.6. The number of aliphatic hydroxyl groups excluding tert-OH is 1. The lowest BCUT2D eigenvalue weighted by Gasteiger charge is -2.21. The minimum atomic E-state index is -0.555. The summed E-state index contributed by atoms with van der Waals surface area (Å²) >= 11 is 5.64. The molecule has 0 aromatic heterocycles. The van der Waals surface area contributed by atoms with Crippen molar-refractivity contribution < 1.29 is 14.3 Å². The monoisotopic (exact) mass is 286 g/mol. The number of anilines is 1. The van der Waals surface area contributed by atoms with Gasteiger partial charge < -0.3 is 10.4 Å². The van der Waals surface area contributed by atoms with E-state index in [4.69, 9.17) is 16.7 Å². The Bertz CT molecular complexity index is 470. The van der Waals surface area contributed by atoms with E-state index in [1.165, 1.54) is 12.1 Å². The van der Waals surface area contributed by atoms with E-state index < -0.39 is 5.82 Å². The molecule has 1 aliphatic rings. The van der Waals surface area contributed by atoms with E-state index in [1.807, 2.05) is 4.90 Å². The molecule has 19 heavy (non-hydrogen) atoms. The summed E-state index contributed by atoms with van der Waals surface area (Å²) in [6.45, 7) is 0.984. The zero-order chi connectivity index (χ0) is 13.8. The van der Waals surface area contributed by atoms with Gasteiger partial charge in [0, 0.05) is 11.1 Å². The zero-order valence-corrected chi connectivity index (χ0v) is 11.2. The van der Waals surface area contributed by atoms with Gasteiger partial charge in [0.1, 0.15) is 5.82 Å². The number of carbonyl (C=O) groups is 1. The van der Waals surface area contributed by atoms with Gasteiger partial charge in [-0.05, 0) is 37.6 Å². The molecule has 6 heteroatoms. The van der Waals surface area contributed by atoms with E-state index in [-0.39, 0.29) is 35.8 Å². The Balaban J connectivity index is 1.94. The van der Waals surface area contributed by atoms with E-state index >= 15 is 0 Å². The second-order valence-corrected chi connectivity index (χ2v) is 5.06. The lowest BCUT2D eigenvalue weighted by Crippen LogP contribution is -2.38. The first-order valence-electron chi connectivity index (χ1n) is 6.20. The molecule has 0 aliphatic carbocycles. The van der Waals surface area contributed by atoms with Crippen LogP contribution in [0.2, 0.25) is 5.02 Å². The maximum atomic E-state index is 13.5. The maximum absolute atomic E-state index is 13.5. The third-order valence-electron chi connectivity index (χ3n) is 3.26. The van der Waals surface area contributed by atoms with Gasteiger partial charge in [-0.15, -0.1) is 0 Å². The average Bonchev–Trinajstić information content (AvgIpc) is 2.80. The van der Waals surface area contributed by atoms with E-state index in [0.29, 0.717) is 0 Å². The van der Waals surface area contributed by atoms with Crippen molar-refractivity contribution in [2.75, 3.05) is 25.0 Å². The molecule has 0 bridgehead atoms. The molecule has 1 heterocycles. The van der Waals surface area contributed by atoms with Crippen molar-refractivity contribution in [3.8, 4) is 0 Å². The molecule has 0 unspecified atom stereocenters. The minimum Gasteiger partial charge on any atom is -0.395 e. The highest BCUT2D eigenvalue weighted by Gasteiger charge is 2.25. The summed E-state index contributed by atoms with van der Waals surface area (Å²) in [6, 6.07) is 4.14. The number of carbonyl (C=O) groups excluding carboxylic acids is 1. The van der Waals surface area contributed by atoms with Crippen LogP contribution in [0.25, 0.3) is 0 Å². The number of nitrogens with zero attached hydrogens (tertiary/aromatic N) is 1. The van der Waals surface area contributed by atoms with Crippen LogP contribution in [-0.4, -0.2) is 41.7 Å². The molecule has 1 atom stereocenters. The predicted octanol–water partition coefficient (Wildman–Crippen LogP) is 1.87. The van der Waals surface area contributed by atoms with Crippen LogP contribution < -0.4 is 5.32 Å². The predicted molar refractivity (Wildman–Crippen MR) is 71.7 cm³/mol. The van der Waals surface area contributed by atoms with Gasteiger partial charge in [0.2, 0.25) is 5.91 Å². The van der Waals surface area contributed by atoms with Gasteiger partial charge >= 0.3 is 0 Å². The molecule has 104 valence electrons. The number of hydrogen-bond acceptors (Lipinski definition) is 3. The van der Waals surface area contributed by atoms with Crippen molar-refractivity contribution in [2.45, 2.75) is 18.9 Å². The standard InChI is InChI=1S/C13H16ClFN2O2/c14-9-3-4-12(11(15)6-9)16-13(19)7-17-5-1-2-10(17)8-18/h3-4,6,10,18H,1-2,5,7-8H2,(H,16,19)/t10-/m1/s1. The average molecular weight is 287 g/mol. The molecule has 1 aromatic carbocycles. The smallest absolute Gasteiger partial charge is 0.238 e. The van der Waals surface area contributed by atoms with E-state index in [0.717, 1.165) is 25.5 Å². The fraction of sp³-hybridized carbons (Fsp3) is 0.462. The largest absolute Gasteiger partial charge is 0.395 e. The highest BCUT2D eigenvalue weighted by Crippen LogP contribution is 2.20. The molecule has 0 saturated carbocycles.